The monoisotopic (exact) mass is 304 g/mol. The van der Waals surface area contributed by atoms with Gasteiger partial charge in [0.15, 0.2) is 0 Å². The summed E-state index contributed by atoms with van der Waals surface area (Å²) >= 11 is 5.79. The summed E-state index contributed by atoms with van der Waals surface area (Å²) in [7, 11) is -3.61. The summed E-state index contributed by atoms with van der Waals surface area (Å²) in [5.41, 5.74) is 0. The number of hydrogen-bond acceptors (Lipinski definition) is 4. The van der Waals surface area contributed by atoms with Crippen LogP contribution >= 0.6 is 11.6 Å². The Kier molecular flexibility index (Phi) is 4.78. The van der Waals surface area contributed by atoms with E-state index < -0.39 is 10.0 Å². The highest BCUT2D eigenvalue weighted by Gasteiger charge is 2.23. The van der Waals surface area contributed by atoms with E-state index in [0.717, 1.165) is 25.7 Å². The molecule has 0 aromatic carbocycles. The van der Waals surface area contributed by atoms with Crippen molar-refractivity contribution in [3.63, 3.8) is 0 Å². The maximum atomic E-state index is 12.1. The fraction of sp³-hybridized carbons (Fsp3) is 0.583. The zero-order valence-electron chi connectivity index (χ0n) is 10.4. The Morgan fingerprint density at radius 1 is 1.37 bits per heavy atom. The lowest BCUT2D eigenvalue weighted by atomic mass is 9.88. The number of sulfonamides is 1. The predicted molar refractivity (Wildman–Crippen MR) is 72.4 cm³/mol. The van der Waals surface area contributed by atoms with Crippen LogP contribution in [-0.2, 0) is 10.0 Å². The van der Waals surface area contributed by atoms with Crippen molar-refractivity contribution in [2.24, 2.45) is 5.92 Å². The molecule has 0 aliphatic heterocycles. The third-order valence-electron chi connectivity index (χ3n) is 3.39. The third kappa shape index (κ3) is 3.89. The molecule has 1 aliphatic rings. The van der Waals surface area contributed by atoms with Gasteiger partial charge in [-0.1, -0.05) is 11.6 Å². The highest BCUT2D eigenvalue weighted by atomic mass is 35.5. The molecule has 2 rings (SSSR count). The van der Waals surface area contributed by atoms with Gasteiger partial charge in [0, 0.05) is 12.7 Å². The molecular formula is C12H17ClN2O3S. The number of nitrogens with zero attached hydrogens (tertiary/aromatic N) is 1. The number of aromatic nitrogens is 1. The Labute approximate surface area is 118 Å². The van der Waals surface area contributed by atoms with Crippen LogP contribution in [-0.4, -0.2) is 31.2 Å². The second-order valence-corrected chi connectivity index (χ2v) is 6.91. The number of hydrogen-bond donors (Lipinski definition) is 2. The summed E-state index contributed by atoms with van der Waals surface area (Å²) in [4.78, 5) is 3.77. The van der Waals surface area contributed by atoms with E-state index in [1.54, 1.807) is 0 Å². The normalized spacial score (nSPS) is 24.3. The number of aliphatic hydroxyl groups is 1. The van der Waals surface area contributed by atoms with Crippen molar-refractivity contribution in [1.29, 1.82) is 0 Å². The minimum atomic E-state index is -3.61. The maximum Gasteiger partial charge on any atom is 0.243 e. The quantitative estimate of drug-likeness (QED) is 0.828. The molecule has 0 radical (unpaired) electrons. The Morgan fingerprint density at radius 3 is 2.68 bits per heavy atom. The van der Waals surface area contributed by atoms with Crippen molar-refractivity contribution in [2.75, 3.05) is 6.54 Å². The van der Waals surface area contributed by atoms with Crippen LogP contribution in [0.15, 0.2) is 23.2 Å². The van der Waals surface area contributed by atoms with Gasteiger partial charge in [-0.05, 0) is 43.7 Å². The van der Waals surface area contributed by atoms with Crippen molar-refractivity contribution in [2.45, 2.75) is 36.7 Å². The second kappa shape index (κ2) is 6.17. The van der Waals surface area contributed by atoms with Gasteiger partial charge in [0.1, 0.15) is 10.0 Å². The molecule has 1 heterocycles. The minimum absolute atomic E-state index is 0.00695. The summed E-state index contributed by atoms with van der Waals surface area (Å²) in [5, 5.41) is 9.39. The van der Waals surface area contributed by atoms with Crippen LogP contribution in [0.4, 0.5) is 0 Å². The molecule has 1 aromatic heterocycles. The first-order chi connectivity index (χ1) is 8.99. The van der Waals surface area contributed by atoms with Gasteiger partial charge < -0.3 is 5.11 Å². The average Bonchev–Trinajstić information content (AvgIpc) is 2.38. The van der Waals surface area contributed by atoms with Gasteiger partial charge in [0.2, 0.25) is 10.0 Å². The first-order valence-corrected chi connectivity index (χ1v) is 8.13. The number of aliphatic hydroxyl groups excluding tert-OH is 1. The van der Waals surface area contributed by atoms with Gasteiger partial charge in [-0.15, -0.1) is 0 Å². The van der Waals surface area contributed by atoms with E-state index in [-0.39, 0.29) is 22.1 Å². The molecule has 1 saturated carbocycles. The molecule has 106 valence electrons. The zero-order valence-corrected chi connectivity index (χ0v) is 12.0. The molecule has 1 fully saturated rings. The summed E-state index contributed by atoms with van der Waals surface area (Å²) in [6.45, 7) is 0.375. The topological polar surface area (TPSA) is 79.3 Å². The maximum absolute atomic E-state index is 12.1. The van der Waals surface area contributed by atoms with Gasteiger partial charge in [-0.2, -0.15) is 0 Å². The van der Waals surface area contributed by atoms with Crippen LogP contribution in [0.5, 0.6) is 0 Å². The van der Waals surface area contributed by atoms with Gasteiger partial charge in [-0.3, -0.25) is 0 Å². The molecule has 0 atom stereocenters. The van der Waals surface area contributed by atoms with Crippen LogP contribution < -0.4 is 4.72 Å². The molecule has 0 amide bonds. The lowest BCUT2D eigenvalue weighted by Crippen LogP contribution is -2.32. The van der Waals surface area contributed by atoms with E-state index >= 15 is 0 Å². The molecule has 1 aliphatic carbocycles. The minimum Gasteiger partial charge on any atom is -0.393 e. The van der Waals surface area contributed by atoms with Crippen LogP contribution in [0.3, 0.4) is 0 Å². The van der Waals surface area contributed by atoms with Gasteiger partial charge in [0.25, 0.3) is 0 Å². The summed E-state index contributed by atoms with van der Waals surface area (Å²) < 4.78 is 26.7. The van der Waals surface area contributed by atoms with E-state index in [4.69, 9.17) is 11.6 Å². The van der Waals surface area contributed by atoms with E-state index in [0.29, 0.717) is 6.54 Å². The molecule has 5 nitrogen and oxygen atoms in total. The van der Waals surface area contributed by atoms with E-state index in [9.17, 15) is 13.5 Å². The molecular weight excluding hydrogens is 288 g/mol. The highest BCUT2D eigenvalue weighted by Crippen LogP contribution is 2.24. The van der Waals surface area contributed by atoms with Gasteiger partial charge in [0.05, 0.1) is 6.10 Å². The van der Waals surface area contributed by atoms with Crippen molar-refractivity contribution >= 4 is 21.6 Å². The zero-order chi connectivity index (χ0) is 13.9. The first kappa shape index (κ1) is 14.7. The van der Waals surface area contributed by atoms with Crippen LogP contribution in [0, 0.1) is 5.92 Å². The average molecular weight is 305 g/mol. The molecule has 7 heteroatoms. The molecule has 0 unspecified atom stereocenters. The third-order valence-corrected chi connectivity index (χ3v) is 5.26. The number of pyridine rings is 1. The van der Waals surface area contributed by atoms with Crippen molar-refractivity contribution in [3.8, 4) is 0 Å². The Balaban J connectivity index is 1.97. The van der Waals surface area contributed by atoms with E-state index in [1.165, 1.54) is 18.3 Å². The van der Waals surface area contributed by atoms with Crippen LogP contribution in [0.1, 0.15) is 25.7 Å². The molecule has 0 spiro atoms. The fourth-order valence-electron chi connectivity index (χ4n) is 2.23. The number of halogens is 1. The molecule has 19 heavy (non-hydrogen) atoms. The largest absolute Gasteiger partial charge is 0.393 e. The summed E-state index contributed by atoms with van der Waals surface area (Å²) in [5.74, 6) is 0.272. The summed E-state index contributed by atoms with van der Waals surface area (Å²) in [6.07, 6.45) is 4.36. The Bertz CT molecular complexity index is 528. The standard InChI is InChI=1S/C12H17ClN2O3S/c13-12-11(2-1-7-14-12)19(17,18)15-8-9-3-5-10(16)6-4-9/h1-2,7,9-10,15-16H,3-6,8H2. The molecule has 1 aromatic rings. The number of rotatable bonds is 4. The molecule has 0 saturated heterocycles. The fourth-order valence-corrected chi connectivity index (χ4v) is 3.79. The molecule has 2 N–H and O–H groups in total. The van der Waals surface area contributed by atoms with Gasteiger partial charge in [-0.25, -0.2) is 18.1 Å². The summed E-state index contributed by atoms with van der Waals surface area (Å²) in [6, 6.07) is 2.97. The molecule has 0 bridgehead atoms. The highest BCUT2D eigenvalue weighted by molar-refractivity contribution is 7.89. The van der Waals surface area contributed by atoms with Crippen molar-refractivity contribution < 1.29 is 13.5 Å². The predicted octanol–water partition coefficient (Wildman–Crippen LogP) is 1.56. The Hall–Kier alpha value is -0.690. The number of nitrogens with one attached hydrogen (secondary N) is 1. The van der Waals surface area contributed by atoms with E-state index in [1.807, 2.05) is 0 Å². The van der Waals surface area contributed by atoms with Crippen LogP contribution in [0.2, 0.25) is 5.15 Å². The second-order valence-electron chi connectivity index (χ2n) is 4.82. The first-order valence-electron chi connectivity index (χ1n) is 6.27. The van der Waals surface area contributed by atoms with Gasteiger partial charge >= 0.3 is 0 Å². The SMILES string of the molecule is O=S(=O)(NCC1CCC(O)CC1)c1cccnc1Cl. The van der Waals surface area contributed by atoms with Crippen molar-refractivity contribution in [1.82, 2.24) is 9.71 Å². The Morgan fingerprint density at radius 2 is 2.05 bits per heavy atom. The lowest BCUT2D eigenvalue weighted by molar-refractivity contribution is 0.109. The smallest absolute Gasteiger partial charge is 0.243 e. The van der Waals surface area contributed by atoms with E-state index in [2.05, 4.69) is 9.71 Å². The lowest BCUT2D eigenvalue weighted by Gasteiger charge is -2.25. The van der Waals surface area contributed by atoms with Crippen molar-refractivity contribution in [3.05, 3.63) is 23.5 Å². The van der Waals surface area contributed by atoms with Crippen LogP contribution in [0.25, 0.3) is 0 Å².